The monoisotopic (exact) mass is 582 g/mol. The number of ether oxygens (including phenoxy) is 3. The molecular weight excluding hydrogens is 548 g/mol. The lowest BCUT2D eigenvalue weighted by atomic mass is 9.98. The number of ketones is 1. The van der Waals surface area contributed by atoms with Crippen molar-refractivity contribution in [2.45, 2.75) is 6.42 Å². The van der Waals surface area contributed by atoms with Crippen LogP contribution in [0.15, 0.2) is 60.7 Å². The Morgan fingerprint density at radius 2 is 1.65 bits per heavy atom. The molecule has 0 spiro atoms. The number of hydrogen-bond acceptors (Lipinski definition) is 9. The zero-order chi connectivity index (χ0) is 30.1. The van der Waals surface area contributed by atoms with E-state index in [9.17, 15) is 14.4 Å². The van der Waals surface area contributed by atoms with Crippen molar-refractivity contribution in [2.75, 3.05) is 70.9 Å². The van der Waals surface area contributed by atoms with Crippen molar-refractivity contribution in [2.24, 2.45) is 0 Å². The fraction of sp³-hybridized carbons (Fsp3) is 0.303. The van der Waals surface area contributed by atoms with Gasteiger partial charge in [0.05, 0.1) is 24.9 Å². The highest BCUT2D eigenvalue weighted by molar-refractivity contribution is 6.32. The molecule has 0 atom stereocenters. The third-order valence-electron chi connectivity index (χ3n) is 8.19. The summed E-state index contributed by atoms with van der Waals surface area (Å²) in [6.07, 6.45) is 0.223. The van der Waals surface area contributed by atoms with Crippen LogP contribution in [0.4, 0.5) is 11.4 Å². The molecule has 1 N–H and O–H groups in total. The van der Waals surface area contributed by atoms with Crippen molar-refractivity contribution in [3.63, 3.8) is 0 Å². The van der Waals surface area contributed by atoms with Crippen molar-refractivity contribution in [3.05, 3.63) is 82.9 Å². The van der Waals surface area contributed by atoms with Crippen molar-refractivity contribution in [1.29, 1.82) is 0 Å². The molecule has 43 heavy (non-hydrogen) atoms. The number of amides is 1. The number of nitrogens with one attached hydrogen (secondary N) is 1. The van der Waals surface area contributed by atoms with E-state index in [2.05, 4.69) is 22.2 Å². The Hall–Kier alpha value is -4.67. The predicted molar refractivity (Wildman–Crippen MR) is 163 cm³/mol. The lowest BCUT2D eigenvalue weighted by Crippen LogP contribution is -2.48. The molecule has 0 radical (unpaired) electrons. The average Bonchev–Trinajstić information content (AvgIpc) is 3.63. The first kappa shape index (κ1) is 28.4. The number of carbonyl (C=O) groups is 3. The molecule has 1 fully saturated rings. The Labute approximate surface area is 250 Å². The topological polar surface area (TPSA) is 101 Å². The van der Waals surface area contributed by atoms with Crippen LogP contribution in [0.5, 0.6) is 11.5 Å². The van der Waals surface area contributed by atoms with E-state index in [-0.39, 0.29) is 24.9 Å². The number of esters is 1. The second-order valence-corrected chi connectivity index (χ2v) is 11.0. The lowest BCUT2D eigenvalue weighted by molar-refractivity contribution is -0.119. The molecule has 3 aromatic rings. The van der Waals surface area contributed by atoms with Crippen LogP contribution >= 0.6 is 0 Å². The minimum Gasteiger partial charge on any atom is -0.465 e. The van der Waals surface area contributed by atoms with E-state index in [1.807, 2.05) is 42.5 Å². The van der Waals surface area contributed by atoms with E-state index in [0.29, 0.717) is 40.4 Å². The second-order valence-electron chi connectivity index (χ2n) is 11.0. The highest BCUT2D eigenvalue weighted by atomic mass is 16.7. The highest BCUT2D eigenvalue weighted by Crippen LogP contribution is 2.40. The average molecular weight is 583 g/mol. The van der Waals surface area contributed by atoms with Gasteiger partial charge in [-0.15, -0.1) is 0 Å². The fourth-order valence-corrected chi connectivity index (χ4v) is 5.58. The normalized spacial score (nSPS) is 17.4. The molecule has 6 rings (SSSR count). The van der Waals surface area contributed by atoms with Gasteiger partial charge in [0.2, 0.25) is 12.7 Å². The largest absolute Gasteiger partial charge is 0.465 e. The first-order valence-electron chi connectivity index (χ1n) is 14.2. The molecule has 3 aromatic carbocycles. The van der Waals surface area contributed by atoms with Gasteiger partial charge >= 0.3 is 5.97 Å². The molecule has 1 saturated heterocycles. The molecule has 222 valence electrons. The van der Waals surface area contributed by atoms with Gasteiger partial charge in [0, 0.05) is 62.2 Å². The Balaban J connectivity index is 1.31. The van der Waals surface area contributed by atoms with Crippen molar-refractivity contribution in [1.82, 2.24) is 9.80 Å². The van der Waals surface area contributed by atoms with Crippen LogP contribution in [-0.4, -0.2) is 88.2 Å². The summed E-state index contributed by atoms with van der Waals surface area (Å²) in [5.41, 5.74) is 5.17. The van der Waals surface area contributed by atoms with E-state index in [1.165, 1.54) is 7.11 Å². The number of anilines is 2. The summed E-state index contributed by atoms with van der Waals surface area (Å²) in [5.74, 6) is 0.710. The maximum Gasteiger partial charge on any atom is 0.337 e. The number of benzene rings is 3. The molecule has 0 saturated carbocycles. The van der Waals surface area contributed by atoms with Gasteiger partial charge in [-0.2, -0.15) is 0 Å². The van der Waals surface area contributed by atoms with Gasteiger partial charge in [0.25, 0.3) is 0 Å². The number of likely N-dealkylation sites (N-methyl/N-ethyl adjacent to an activating group) is 2. The molecule has 2 heterocycles. The minimum absolute atomic E-state index is 0.0306. The van der Waals surface area contributed by atoms with Gasteiger partial charge in [-0.3, -0.25) is 14.5 Å². The van der Waals surface area contributed by atoms with Crippen LogP contribution in [0, 0.1) is 0 Å². The van der Waals surface area contributed by atoms with Crippen molar-refractivity contribution < 1.29 is 28.6 Å². The summed E-state index contributed by atoms with van der Waals surface area (Å²) >= 11 is 0. The number of allylic oxidation sites excluding steroid dienone is 1. The smallest absolute Gasteiger partial charge is 0.337 e. The zero-order valence-corrected chi connectivity index (χ0v) is 24.5. The van der Waals surface area contributed by atoms with Crippen molar-refractivity contribution in [3.8, 4) is 11.5 Å². The number of carbonyl (C=O) groups excluding carboxylic acids is 3. The van der Waals surface area contributed by atoms with Crippen LogP contribution in [0.25, 0.3) is 11.3 Å². The summed E-state index contributed by atoms with van der Waals surface area (Å²) in [6, 6.07) is 18.2. The molecule has 10 heteroatoms. The Morgan fingerprint density at radius 3 is 2.40 bits per heavy atom. The van der Waals surface area contributed by atoms with Gasteiger partial charge in [-0.25, -0.2) is 4.79 Å². The highest BCUT2D eigenvalue weighted by Gasteiger charge is 2.30. The van der Waals surface area contributed by atoms with E-state index in [0.717, 1.165) is 48.7 Å². The van der Waals surface area contributed by atoms with Crippen LogP contribution in [0.1, 0.15) is 27.0 Å². The molecule has 10 nitrogen and oxygen atoms in total. The van der Waals surface area contributed by atoms with E-state index < -0.39 is 5.97 Å². The zero-order valence-electron chi connectivity index (χ0n) is 24.5. The third-order valence-corrected chi connectivity index (χ3v) is 8.19. The van der Waals surface area contributed by atoms with Crippen LogP contribution in [0.3, 0.4) is 0 Å². The first-order chi connectivity index (χ1) is 20.8. The van der Waals surface area contributed by atoms with Gasteiger partial charge < -0.3 is 29.3 Å². The summed E-state index contributed by atoms with van der Waals surface area (Å²) < 4.78 is 16.1. The Kier molecular flexibility index (Phi) is 7.88. The molecule has 3 aliphatic rings. The molecule has 2 aliphatic heterocycles. The summed E-state index contributed by atoms with van der Waals surface area (Å²) in [4.78, 5) is 44.9. The third kappa shape index (κ3) is 5.84. The molecule has 0 bridgehead atoms. The number of piperazine rings is 1. The van der Waals surface area contributed by atoms with Crippen molar-refractivity contribution >= 4 is 40.3 Å². The number of nitrogens with zero attached hydrogens (tertiary/aromatic N) is 3. The Bertz CT molecular complexity index is 1610. The standard InChI is InChI=1S/C33H34N4O6/c1-35-12-14-37(15-13-35)19-30(39)36(2)25-9-7-24(8-10-25)34-32(22-6-11-28-29(18-22)43-20-42-28)31-26-16-23(33(40)41-3)5-4-21(26)17-27(31)38/h4-11,16,18,34H,12-15,17,19-20H2,1-3H3/b32-31-. The molecule has 0 unspecified atom stereocenters. The second kappa shape index (κ2) is 11.9. The van der Waals surface area contributed by atoms with E-state index in [1.54, 1.807) is 30.1 Å². The molecule has 1 aliphatic carbocycles. The van der Waals surface area contributed by atoms with Gasteiger partial charge in [0.1, 0.15) is 0 Å². The number of rotatable bonds is 7. The van der Waals surface area contributed by atoms with Crippen LogP contribution < -0.4 is 19.7 Å². The van der Waals surface area contributed by atoms with Crippen LogP contribution in [0.2, 0.25) is 0 Å². The number of hydrogen-bond donors (Lipinski definition) is 1. The quantitative estimate of drug-likeness (QED) is 0.331. The predicted octanol–water partition coefficient (Wildman–Crippen LogP) is 3.52. The van der Waals surface area contributed by atoms with Crippen LogP contribution in [-0.2, 0) is 20.7 Å². The van der Waals surface area contributed by atoms with Gasteiger partial charge in [0.15, 0.2) is 17.3 Å². The Morgan fingerprint density at radius 1 is 0.930 bits per heavy atom. The first-order valence-corrected chi connectivity index (χ1v) is 14.2. The minimum atomic E-state index is -0.471. The molecular formula is C33H34N4O6. The number of Topliss-reactive ketones (excluding diaryl/α,β-unsaturated/α-hetero) is 1. The lowest BCUT2D eigenvalue weighted by Gasteiger charge is -2.32. The summed E-state index contributed by atoms with van der Waals surface area (Å²) in [5, 5.41) is 3.46. The SMILES string of the molecule is COC(=O)c1ccc2c(c1)/C(=C(/Nc1ccc(N(C)C(=O)CN3CCN(C)CC3)cc1)c1ccc3c(c1)OCO3)C(=O)C2. The number of methoxy groups -OCH3 is 1. The van der Waals surface area contributed by atoms with E-state index in [4.69, 9.17) is 14.2 Å². The van der Waals surface area contributed by atoms with Gasteiger partial charge in [-0.1, -0.05) is 6.07 Å². The maximum atomic E-state index is 13.5. The number of fused-ring (bicyclic) bond motifs is 2. The summed E-state index contributed by atoms with van der Waals surface area (Å²) in [6.45, 7) is 4.16. The van der Waals surface area contributed by atoms with Gasteiger partial charge in [-0.05, 0) is 72.8 Å². The van der Waals surface area contributed by atoms with E-state index >= 15 is 0 Å². The molecule has 0 aromatic heterocycles. The maximum absolute atomic E-state index is 13.5. The fourth-order valence-electron chi connectivity index (χ4n) is 5.58. The molecule has 1 amide bonds. The summed E-state index contributed by atoms with van der Waals surface area (Å²) in [7, 11) is 5.21.